The van der Waals surface area contributed by atoms with Gasteiger partial charge in [-0.3, -0.25) is 0 Å². The molecule has 2 nitrogen and oxygen atoms in total. The van der Waals surface area contributed by atoms with Crippen LogP contribution in [0.5, 0.6) is 0 Å². The zero-order valence-electron chi connectivity index (χ0n) is 5.20. The van der Waals surface area contributed by atoms with Crippen molar-refractivity contribution in [1.29, 1.82) is 0 Å². The van der Waals surface area contributed by atoms with Crippen molar-refractivity contribution in [3.05, 3.63) is 47.0 Å². The van der Waals surface area contributed by atoms with E-state index in [2.05, 4.69) is 0 Å². The van der Waals surface area contributed by atoms with Gasteiger partial charge in [-0.15, -0.1) is 0 Å². The normalized spacial score (nSPS) is 21.2. The highest BCUT2D eigenvalue weighted by molar-refractivity contribution is 5.62. The molecule has 0 saturated heterocycles. The first-order valence-electron chi connectivity index (χ1n) is 3.01. The van der Waals surface area contributed by atoms with Crippen LogP contribution in [-0.2, 0) is 0 Å². The monoisotopic (exact) mass is 134 g/mol. The van der Waals surface area contributed by atoms with Crippen LogP contribution in [0.4, 0.5) is 0 Å². The van der Waals surface area contributed by atoms with E-state index in [-0.39, 0.29) is 11.5 Å². The van der Waals surface area contributed by atoms with Crippen molar-refractivity contribution in [2.24, 2.45) is 0 Å². The smallest absolute Gasteiger partial charge is 0.116 e. The molecule has 0 aliphatic heterocycles. The van der Waals surface area contributed by atoms with Gasteiger partial charge in [-0.2, -0.15) is 0 Å². The first-order valence-corrected chi connectivity index (χ1v) is 3.01. The van der Waals surface area contributed by atoms with Crippen molar-refractivity contribution in [1.82, 2.24) is 0 Å². The Kier molecular flexibility index (Phi) is 0.822. The van der Waals surface area contributed by atoms with E-state index in [9.17, 15) is 0 Å². The minimum atomic E-state index is 0.255. The molecule has 0 aromatic heterocycles. The van der Waals surface area contributed by atoms with Crippen LogP contribution in [0.15, 0.2) is 47.0 Å². The van der Waals surface area contributed by atoms with Gasteiger partial charge in [0.25, 0.3) is 0 Å². The molecule has 0 atom stereocenters. The van der Waals surface area contributed by atoms with E-state index < -0.39 is 0 Å². The van der Waals surface area contributed by atoms with Gasteiger partial charge in [0.1, 0.15) is 11.5 Å². The van der Waals surface area contributed by atoms with E-state index in [0.717, 1.165) is 11.1 Å². The SMILES string of the molecule is OC1=CC2=CC(O)=CC2=C1. The van der Waals surface area contributed by atoms with Crippen molar-refractivity contribution in [2.75, 3.05) is 0 Å². The number of rotatable bonds is 0. The van der Waals surface area contributed by atoms with E-state index >= 15 is 0 Å². The largest absolute Gasteiger partial charge is 0.508 e. The van der Waals surface area contributed by atoms with Crippen molar-refractivity contribution in [2.45, 2.75) is 0 Å². The zero-order chi connectivity index (χ0) is 7.14. The summed E-state index contributed by atoms with van der Waals surface area (Å²) in [5.74, 6) is 0.509. The summed E-state index contributed by atoms with van der Waals surface area (Å²) in [5.41, 5.74) is 1.77. The predicted molar refractivity (Wildman–Crippen MR) is 37.6 cm³/mol. The molecule has 2 N–H and O–H groups in total. The number of aliphatic hydroxyl groups excluding tert-OH is 2. The summed E-state index contributed by atoms with van der Waals surface area (Å²) in [4.78, 5) is 0. The second-order valence-electron chi connectivity index (χ2n) is 2.34. The molecule has 10 heavy (non-hydrogen) atoms. The van der Waals surface area contributed by atoms with Crippen LogP contribution in [0, 0.1) is 0 Å². The van der Waals surface area contributed by atoms with Gasteiger partial charge in [0.05, 0.1) is 0 Å². The number of aliphatic hydroxyl groups is 2. The molecule has 0 spiro atoms. The van der Waals surface area contributed by atoms with E-state index in [1.165, 1.54) is 0 Å². The van der Waals surface area contributed by atoms with Gasteiger partial charge in [-0.25, -0.2) is 0 Å². The van der Waals surface area contributed by atoms with E-state index in [1.807, 2.05) is 0 Å². The molecule has 2 heteroatoms. The second-order valence-corrected chi connectivity index (χ2v) is 2.34. The lowest BCUT2D eigenvalue weighted by Crippen LogP contribution is -1.68. The first kappa shape index (κ1) is 5.35. The minimum absolute atomic E-state index is 0.255. The Labute approximate surface area is 58.1 Å². The molecule has 0 amide bonds. The van der Waals surface area contributed by atoms with Crippen molar-refractivity contribution < 1.29 is 10.2 Å². The Hall–Kier alpha value is -1.44. The third-order valence-electron chi connectivity index (χ3n) is 1.55. The number of fused-ring (bicyclic) bond motifs is 1. The quantitative estimate of drug-likeness (QED) is 0.529. The average Bonchev–Trinajstić information content (AvgIpc) is 2.21. The molecular formula is C8H6O2. The fraction of sp³-hybridized carbons (Fsp3) is 0. The van der Waals surface area contributed by atoms with E-state index in [4.69, 9.17) is 10.2 Å². The lowest BCUT2D eigenvalue weighted by Gasteiger charge is -1.83. The highest BCUT2D eigenvalue weighted by Gasteiger charge is 2.15. The molecule has 2 rings (SSSR count). The van der Waals surface area contributed by atoms with Gasteiger partial charge >= 0.3 is 0 Å². The lowest BCUT2D eigenvalue weighted by molar-refractivity contribution is 0.431. The summed E-state index contributed by atoms with van der Waals surface area (Å²) in [6, 6.07) is 0. The minimum Gasteiger partial charge on any atom is -0.508 e. The van der Waals surface area contributed by atoms with Crippen LogP contribution in [0.2, 0.25) is 0 Å². The molecule has 0 aromatic rings. The lowest BCUT2D eigenvalue weighted by atomic mass is 10.2. The summed E-state index contributed by atoms with van der Waals surface area (Å²) in [7, 11) is 0. The summed E-state index contributed by atoms with van der Waals surface area (Å²) in [6.45, 7) is 0. The third-order valence-corrected chi connectivity index (χ3v) is 1.55. The first-order chi connectivity index (χ1) is 4.75. The Balaban J connectivity index is 2.49. The molecule has 0 bridgehead atoms. The van der Waals surface area contributed by atoms with E-state index in [1.54, 1.807) is 24.3 Å². The Morgan fingerprint density at radius 1 is 0.700 bits per heavy atom. The van der Waals surface area contributed by atoms with Crippen LogP contribution < -0.4 is 0 Å². The summed E-state index contributed by atoms with van der Waals surface area (Å²) in [5, 5.41) is 17.9. The van der Waals surface area contributed by atoms with Crippen LogP contribution >= 0.6 is 0 Å². The van der Waals surface area contributed by atoms with Crippen molar-refractivity contribution in [3.8, 4) is 0 Å². The maximum atomic E-state index is 8.95. The predicted octanol–water partition coefficient (Wildman–Crippen LogP) is 1.75. The highest BCUT2D eigenvalue weighted by atomic mass is 16.3. The molecule has 0 heterocycles. The van der Waals surface area contributed by atoms with Crippen LogP contribution in [-0.4, -0.2) is 10.2 Å². The molecule has 0 unspecified atom stereocenters. The topological polar surface area (TPSA) is 40.5 Å². The Morgan fingerprint density at radius 3 is 1.50 bits per heavy atom. The number of hydrogen-bond acceptors (Lipinski definition) is 2. The molecule has 2 aliphatic rings. The van der Waals surface area contributed by atoms with Gasteiger partial charge in [-0.05, 0) is 35.5 Å². The maximum absolute atomic E-state index is 8.95. The van der Waals surface area contributed by atoms with Gasteiger partial charge < -0.3 is 10.2 Å². The second kappa shape index (κ2) is 1.53. The van der Waals surface area contributed by atoms with E-state index in [0.29, 0.717) is 0 Å². The fourth-order valence-electron chi connectivity index (χ4n) is 1.14. The molecule has 0 aromatic carbocycles. The fourth-order valence-corrected chi connectivity index (χ4v) is 1.14. The Bertz CT molecular complexity index is 271. The van der Waals surface area contributed by atoms with Crippen molar-refractivity contribution >= 4 is 0 Å². The molecule has 0 saturated carbocycles. The van der Waals surface area contributed by atoms with Gasteiger partial charge in [0.2, 0.25) is 0 Å². The van der Waals surface area contributed by atoms with Crippen LogP contribution in [0.1, 0.15) is 0 Å². The molecule has 50 valence electrons. The average molecular weight is 134 g/mol. The molecule has 0 fully saturated rings. The summed E-state index contributed by atoms with van der Waals surface area (Å²) < 4.78 is 0. The molecule has 2 aliphatic carbocycles. The third kappa shape index (κ3) is 0.589. The summed E-state index contributed by atoms with van der Waals surface area (Å²) in [6.07, 6.45) is 6.48. The van der Waals surface area contributed by atoms with Gasteiger partial charge in [0.15, 0.2) is 0 Å². The van der Waals surface area contributed by atoms with Gasteiger partial charge in [-0.1, -0.05) is 0 Å². The molecule has 0 radical (unpaired) electrons. The van der Waals surface area contributed by atoms with Gasteiger partial charge in [0, 0.05) is 0 Å². The number of hydrogen-bond donors (Lipinski definition) is 2. The highest BCUT2D eigenvalue weighted by Crippen LogP contribution is 2.29. The van der Waals surface area contributed by atoms with Crippen LogP contribution in [0.3, 0.4) is 0 Å². The Morgan fingerprint density at radius 2 is 1.10 bits per heavy atom. The molecular weight excluding hydrogens is 128 g/mol. The zero-order valence-corrected chi connectivity index (χ0v) is 5.20. The standard InChI is InChI=1S/C8H6O2/c9-7-1-5-2-8(10)4-6(5)3-7/h1-4,9-10H. The maximum Gasteiger partial charge on any atom is 0.116 e. The number of allylic oxidation sites excluding steroid dienone is 6. The summed E-state index contributed by atoms with van der Waals surface area (Å²) >= 11 is 0. The van der Waals surface area contributed by atoms with Crippen molar-refractivity contribution in [3.63, 3.8) is 0 Å². The van der Waals surface area contributed by atoms with Crippen LogP contribution in [0.25, 0.3) is 0 Å².